The second-order valence-corrected chi connectivity index (χ2v) is 7.61. The standard InChI is InChI=1S/C16H35O5P.C3H7.Na/c1-2-3-4-5-6-7-8-9-10-11-12-13-14-15-16-20-21-22(17,18)19;1-3-2;/h2-16H2,1H3,(H2,17,18,19);1,3H2,2H3;/q;-1;+1. The van der Waals surface area contributed by atoms with E-state index in [2.05, 4.69) is 23.4 Å². The molecule has 0 heterocycles. The molecule has 0 aliphatic heterocycles. The Balaban J connectivity index is -0.00000123. The van der Waals surface area contributed by atoms with Gasteiger partial charge in [0.15, 0.2) is 0 Å². The Morgan fingerprint density at radius 2 is 1.04 bits per heavy atom. The van der Waals surface area contributed by atoms with Crippen LogP contribution in [0.25, 0.3) is 0 Å². The summed E-state index contributed by atoms with van der Waals surface area (Å²) in [5.41, 5.74) is 0. The van der Waals surface area contributed by atoms with Crippen LogP contribution in [0.4, 0.5) is 0 Å². The Labute approximate surface area is 184 Å². The van der Waals surface area contributed by atoms with E-state index in [1.165, 1.54) is 70.6 Å². The van der Waals surface area contributed by atoms with E-state index in [1.807, 2.05) is 6.92 Å². The summed E-state index contributed by atoms with van der Waals surface area (Å²) < 4.78 is 14.2. The maximum atomic E-state index is 10.3. The largest absolute Gasteiger partial charge is 1.00 e. The van der Waals surface area contributed by atoms with Crippen LogP contribution >= 0.6 is 7.82 Å². The molecule has 0 spiro atoms. The molecule has 0 bridgehead atoms. The van der Waals surface area contributed by atoms with Crippen molar-refractivity contribution in [2.45, 2.75) is 110 Å². The molecule has 0 amide bonds. The summed E-state index contributed by atoms with van der Waals surface area (Å²) in [6, 6.07) is 0. The summed E-state index contributed by atoms with van der Waals surface area (Å²) >= 11 is 0. The quantitative estimate of drug-likeness (QED) is 0.0964. The molecule has 0 atom stereocenters. The van der Waals surface area contributed by atoms with Crippen LogP contribution in [0.5, 0.6) is 0 Å². The Morgan fingerprint density at radius 1 is 0.731 bits per heavy atom. The minimum absolute atomic E-state index is 0. The molecule has 0 fully saturated rings. The van der Waals surface area contributed by atoms with Crippen LogP contribution < -0.4 is 29.6 Å². The zero-order valence-electron chi connectivity index (χ0n) is 17.6. The molecule has 2 N–H and O–H groups in total. The van der Waals surface area contributed by atoms with Crippen LogP contribution in [-0.2, 0) is 14.1 Å². The van der Waals surface area contributed by atoms with Gasteiger partial charge in [-0.15, -0.1) is 4.67 Å². The maximum absolute atomic E-state index is 10.3. The second kappa shape index (κ2) is 26.1. The van der Waals surface area contributed by atoms with E-state index in [1.54, 1.807) is 0 Å². The summed E-state index contributed by atoms with van der Waals surface area (Å²) in [7, 11) is -4.48. The molecule has 0 rings (SSSR count). The van der Waals surface area contributed by atoms with Gasteiger partial charge in [-0.25, -0.2) is 9.45 Å². The molecule has 0 radical (unpaired) electrons. The third-order valence-corrected chi connectivity index (χ3v) is 4.03. The van der Waals surface area contributed by atoms with Gasteiger partial charge in [0.25, 0.3) is 0 Å². The van der Waals surface area contributed by atoms with Crippen molar-refractivity contribution in [3.8, 4) is 0 Å². The van der Waals surface area contributed by atoms with Gasteiger partial charge in [0.2, 0.25) is 0 Å². The van der Waals surface area contributed by atoms with E-state index in [0.717, 1.165) is 25.7 Å². The number of hydrogen-bond donors (Lipinski definition) is 2. The Morgan fingerprint density at radius 3 is 1.35 bits per heavy atom. The first-order chi connectivity index (χ1) is 12.0. The van der Waals surface area contributed by atoms with E-state index >= 15 is 0 Å². The van der Waals surface area contributed by atoms with Gasteiger partial charge in [-0.05, 0) is 6.42 Å². The molecule has 26 heavy (non-hydrogen) atoms. The second-order valence-electron chi connectivity index (χ2n) is 6.48. The third-order valence-electron chi connectivity index (χ3n) is 3.73. The number of rotatable bonds is 17. The molecule has 154 valence electrons. The van der Waals surface area contributed by atoms with E-state index in [0.29, 0.717) is 0 Å². The van der Waals surface area contributed by atoms with Gasteiger partial charge in [0.05, 0.1) is 6.61 Å². The Bertz CT molecular complexity index is 287. The molecule has 0 aromatic heterocycles. The van der Waals surface area contributed by atoms with Gasteiger partial charge in [-0.3, -0.25) is 0 Å². The van der Waals surface area contributed by atoms with E-state index in [4.69, 9.17) is 9.79 Å². The normalized spacial score (nSPS) is 10.8. The fourth-order valence-electron chi connectivity index (χ4n) is 2.46. The van der Waals surface area contributed by atoms with E-state index < -0.39 is 7.82 Å². The van der Waals surface area contributed by atoms with Gasteiger partial charge >= 0.3 is 37.4 Å². The summed E-state index contributed by atoms with van der Waals surface area (Å²) in [6.45, 7) is 7.99. The molecule has 0 aromatic carbocycles. The maximum Gasteiger partial charge on any atom is 1.00 e. The van der Waals surface area contributed by atoms with Crippen LogP contribution in [0, 0.1) is 6.92 Å². The van der Waals surface area contributed by atoms with E-state index in [-0.39, 0.29) is 36.2 Å². The van der Waals surface area contributed by atoms with E-state index in [9.17, 15) is 4.57 Å². The van der Waals surface area contributed by atoms with Crippen molar-refractivity contribution in [3.05, 3.63) is 6.92 Å². The number of hydrogen-bond acceptors (Lipinski definition) is 3. The first kappa shape index (κ1) is 31.8. The summed E-state index contributed by atoms with van der Waals surface area (Å²) in [5, 5.41) is 0. The van der Waals surface area contributed by atoms with Crippen molar-refractivity contribution in [1.29, 1.82) is 0 Å². The van der Waals surface area contributed by atoms with Crippen LogP contribution in [-0.4, -0.2) is 16.4 Å². The predicted octanol–water partition coefficient (Wildman–Crippen LogP) is 3.74. The Kier molecular flexibility index (Phi) is 31.8. The summed E-state index contributed by atoms with van der Waals surface area (Å²) in [6.07, 6.45) is 18.8. The molecular formula is C19H42NaO5P. The van der Waals surface area contributed by atoms with Crippen molar-refractivity contribution in [1.82, 2.24) is 0 Å². The molecule has 0 saturated heterocycles. The first-order valence-corrected chi connectivity index (χ1v) is 11.7. The molecule has 5 nitrogen and oxygen atoms in total. The fraction of sp³-hybridized carbons (Fsp3) is 0.947. The number of unbranched alkanes of at least 4 members (excludes halogenated alkanes) is 13. The topological polar surface area (TPSA) is 76.0 Å². The molecule has 0 unspecified atom stereocenters. The third kappa shape index (κ3) is 36.1. The van der Waals surface area contributed by atoms with Crippen molar-refractivity contribution < 1.29 is 53.5 Å². The average molecular weight is 405 g/mol. The fourth-order valence-corrected chi connectivity index (χ4v) is 2.67. The van der Waals surface area contributed by atoms with Crippen LogP contribution in [0.2, 0.25) is 0 Å². The van der Waals surface area contributed by atoms with Crippen molar-refractivity contribution in [3.63, 3.8) is 0 Å². The molecule has 0 aliphatic carbocycles. The monoisotopic (exact) mass is 404 g/mol. The van der Waals surface area contributed by atoms with Crippen molar-refractivity contribution in [2.24, 2.45) is 0 Å². The predicted molar refractivity (Wildman–Crippen MR) is 105 cm³/mol. The molecule has 0 aliphatic rings. The van der Waals surface area contributed by atoms with Gasteiger partial charge < -0.3 is 16.7 Å². The zero-order chi connectivity index (χ0) is 19.2. The van der Waals surface area contributed by atoms with Gasteiger partial charge in [-0.2, -0.15) is 6.42 Å². The van der Waals surface area contributed by atoms with Crippen molar-refractivity contribution in [2.75, 3.05) is 6.61 Å². The summed E-state index contributed by atoms with van der Waals surface area (Å²) in [4.78, 5) is 21.2. The zero-order valence-corrected chi connectivity index (χ0v) is 20.5. The SMILES string of the molecule is CCCCCCCCCCCCCCCCOOP(=O)(O)O.[CH2-]CC.[Na+]. The number of phosphoric acid groups is 1. The Hall–Kier alpha value is 1.07. The minimum Gasteiger partial charge on any atom is -0.344 e. The minimum atomic E-state index is -4.48. The summed E-state index contributed by atoms with van der Waals surface area (Å²) in [5.74, 6) is 0. The van der Waals surface area contributed by atoms with Gasteiger partial charge in [0.1, 0.15) is 0 Å². The van der Waals surface area contributed by atoms with Crippen molar-refractivity contribution >= 4 is 7.82 Å². The average Bonchev–Trinajstić information content (AvgIpc) is 2.54. The molecule has 7 heteroatoms. The van der Waals surface area contributed by atoms with Gasteiger partial charge in [-0.1, -0.05) is 97.3 Å². The molecule has 0 aromatic rings. The van der Waals surface area contributed by atoms with Crippen LogP contribution in [0.15, 0.2) is 0 Å². The smallest absolute Gasteiger partial charge is 0.344 e. The molecular weight excluding hydrogens is 362 g/mol. The first-order valence-electron chi connectivity index (χ1n) is 10.1. The van der Waals surface area contributed by atoms with Crippen LogP contribution in [0.3, 0.4) is 0 Å². The van der Waals surface area contributed by atoms with Gasteiger partial charge in [0, 0.05) is 0 Å². The molecule has 0 saturated carbocycles. The van der Waals surface area contributed by atoms with Crippen LogP contribution in [0.1, 0.15) is 110 Å².